The number of β-amino-alcohol motifs (C(OH)–C–C–N with tert-alkyl or cyclic N) is 1. The van der Waals surface area contributed by atoms with Crippen molar-refractivity contribution in [2.75, 3.05) is 32.1 Å². The number of ether oxygens (including phenoxy) is 2. The lowest BCUT2D eigenvalue weighted by atomic mass is 10.2. The third-order valence-electron chi connectivity index (χ3n) is 3.28. The zero-order chi connectivity index (χ0) is 17.7. The average molecular weight is 342 g/mol. The van der Waals surface area contributed by atoms with Gasteiger partial charge in [0.05, 0.1) is 25.8 Å². The molecule has 0 atom stereocenters. The first kappa shape index (κ1) is 17.7. The van der Waals surface area contributed by atoms with E-state index in [-0.39, 0.29) is 36.7 Å². The number of rotatable bonds is 7. The molecule has 1 aromatic rings. The normalized spacial score (nSPS) is 14.4. The number of carbonyl (C=O) groups excluding carboxylic acids is 2. The predicted molar refractivity (Wildman–Crippen MR) is 79.4 cm³/mol. The maximum Gasteiger partial charge on any atom is 0.387 e. The van der Waals surface area contributed by atoms with Crippen LogP contribution in [-0.4, -0.2) is 55.3 Å². The zero-order valence-electron chi connectivity index (χ0n) is 12.8. The highest BCUT2D eigenvalue weighted by atomic mass is 19.3. The summed E-state index contributed by atoms with van der Waals surface area (Å²) in [5, 5.41) is 11.7. The van der Waals surface area contributed by atoms with Crippen LogP contribution in [-0.2, 0) is 14.3 Å². The molecule has 24 heavy (non-hydrogen) atoms. The van der Waals surface area contributed by atoms with Crippen LogP contribution in [0.2, 0.25) is 0 Å². The number of benzene rings is 1. The molecule has 1 aliphatic rings. The summed E-state index contributed by atoms with van der Waals surface area (Å²) in [6.07, 6.45) is 0. The first-order valence-electron chi connectivity index (χ1n) is 6.99. The highest BCUT2D eigenvalue weighted by Gasteiger charge is 2.34. The number of methoxy groups -OCH3 is 1. The summed E-state index contributed by atoms with van der Waals surface area (Å²) >= 11 is 0. The monoisotopic (exact) mass is 342 g/mol. The Morgan fingerprint density at radius 2 is 2.21 bits per heavy atom. The van der Waals surface area contributed by atoms with Crippen LogP contribution in [0.4, 0.5) is 14.5 Å². The standard InChI is InChI=1S/C15H16F2N2O5/c1-23-14(22)11-8-19(5-6-20)13(21)12(11)18-9-3-2-4-10(7-9)24-15(16)17/h2-4,7,15,18,20H,5-6,8H2,1H3. The molecule has 0 aliphatic carbocycles. The van der Waals surface area contributed by atoms with Crippen LogP contribution in [0.5, 0.6) is 5.75 Å². The number of aliphatic hydroxyl groups is 1. The van der Waals surface area contributed by atoms with Crippen LogP contribution in [0.25, 0.3) is 0 Å². The third kappa shape index (κ3) is 3.99. The summed E-state index contributed by atoms with van der Waals surface area (Å²) in [6.45, 7) is -3.19. The van der Waals surface area contributed by atoms with Crippen molar-refractivity contribution in [3.05, 3.63) is 35.5 Å². The van der Waals surface area contributed by atoms with Crippen molar-refractivity contribution in [2.45, 2.75) is 6.61 Å². The van der Waals surface area contributed by atoms with Gasteiger partial charge in [0.25, 0.3) is 5.91 Å². The fourth-order valence-corrected chi connectivity index (χ4v) is 2.24. The van der Waals surface area contributed by atoms with Gasteiger partial charge in [0.1, 0.15) is 11.4 Å². The molecule has 0 radical (unpaired) electrons. The fourth-order valence-electron chi connectivity index (χ4n) is 2.24. The zero-order valence-corrected chi connectivity index (χ0v) is 12.8. The Kier molecular flexibility index (Phi) is 5.69. The topological polar surface area (TPSA) is 88.1 Å². The lowest BCUT2D eigenvalue weighted by Gasteiger charge is -2.15. The van der Waals surface area contributed by atoms with Gasteiger partial charge >= 0.3 is 12.6 Å². The second-order valence-electron chi connectivity index (χ2n) is 4.83. The van der Waals surface area contributed by atoms with Crippen molar-refractivity contribution >= 4 is 17.6 Å². The number of amides is 1. The van der Waals surface area contributed by atoms with E-state index in [4.69, 9.17) is 5.11 Å². The second kappa shape index (κ2) is 7.73. The Morgan fingerprint density at radius 1 is 1.46 bits per heavy atom. The van der Waals surface area contributed by atoms with E-state index < -0.39 is 18.5 Å². The molecular weight excluding hydrogens is 326 g/mol. The van der Waals surface area contributed by atoms with Gasteiger partial charge in [-0.15, -0.1) is 0 Å². The molecule has 1 heterocycles. The molecule has 0 saturated carbocycles. The minimum absolute atomic E-state index is 0.0123. The van der Waals surface area contributed by atoms with E-state index in [1.165, 1.54) is 36.3 Å². The van der Waals surface area contributed by atoms with Gasteiger partial charge in [0.2, 0.25) is 0 Å². The smallest absolute Gasteiger partial charge is 0.387 e. The van der Waals surface area contributed by atoms with Crippen LogP contribution in [0, 0.1) is 0 Å². The number of hydrogen-bond donors (Lipinski definition) is 2. The third-order valence-corrected chi connectivity index (χ3v) is 3.28. The van der Waals surface area contributed by atoms with Gasteiger partial charge in [-0.1, -0.05) is 6.07 Å². The van der Waals surface area contributed by atoms with Crippen LogP contribution in [0.1, 0.15) is 0 Å². The van der Waals surface area contributed by atoms with Crippen molar-refractivity contribution in [2.24, 2.45) is 0 Å². The van der Waals surface area contributed by atoms with Crippen LogP contribution in [0.15, 0.2) is 35.5 Å². The molecule has 2 N–H and O–H groups in total. The van der Waals surface area contributed by atoms with Crippen molar-refractivity contribution in [3.63, 3.8) is 0 Å². The van der Waals surface area contributed by atoms with E-state index in [0.29, 0.717) is 5.69 Å². The summed E-state index contributed by atoms with van der Waals surface area (Å²) in [5.41, 5.74) is 0.365. The molecule has 1 aliphatic heterocycles. The first-order chi connectivity index (χ1) is 11.5. The number of nitrogens with zero attached hydrogens (tertiary/aromatic N) is 1. The number of carbonyl (C=O) groups is 2. The van der Waals surface area contributed by atoms with Gasteiger partial charge in [-0.3, -0.25) is 4.79 Å². The lowest BCUT2D eigenvalue weighted by Crippen LogP contribution is -2.31. The second-order valence-corrected chi connectivity index (χ2v) is 4.83. The van der Waals surface area contributed by atoms with E-state index in [1.54, 1.807) is 0 Å². The number of halogens is 2. The van der Waals surface area contributed by atoms with Crippen molar-refractivity contribution < 1.29 is 33.0 Å². The molecule has 9 heteroatoms. The summed E-state index contributed by atoms with van der Waals surface area (Å²) < 4.78 is 33.5. The molecule has 0 bridgehead atoms. The average Bonchev–Trinajstić information content (AvgIpc) is 2.84. The highest BCUT2D eigenvalue weighted by Crippen LogP contribution is 2.25. The largest absolute Gasteiger partial charge is 0.466 e. The molecule has 130 valence electrons. The number of esters is 1. The SMILES string of the molecule is COC(=O)C1=C(Nc2cccc(OC(F)F)c2)C(=O)N(CCO)C1. The Morgan fingerprint density at radius 3 is 2.83 bits per heavy atom. The van der Waals surface area contributed by atoms with E-state index in [1.807, 2.05) is 0 Å². The van der Waals surface area contributed by atoms with Crippen molar-refractivity contribution in [1.82, 2.24) is 4.90 Å². The number of aliphatic hydroxyl groups excluding tert-OH is 1. The Labute approximate surface area is 136 Å². The van der Waals surface area contributed by atoms with Crippen LogP contribution < -0.4 is 10.1 Å². The summed E-state index contributed by atoms with van der Waals surface area (Å²) in [6, 6.07) is 5.60. The summed E-state index contributed by atoms with van der Waals surface area (Å²) in [4.78, 5) is 25.4. The van der Waals surface area contributed by atoms with Gasteiger partial charge in [0, 0.05) is 18.3 Å². The number of nitrogens with one attached hydrogen (secondary N) is 1. The van der Waals surface area contributed by atoms with Gasteiger partial charge in [-0.05, 0) is 12.1 Å². The maximum atomic E-state index is 12.3. The van der Waals surface area contributed by atoms with Gasteiger partial charge in [-0.25, -0.2) is 4.79 Å². The minimum Gasteiger partial charge on any atom is -0.466 e. The minimum atomic E-state index is -2.97. The van der Waals surface area contributed by atoms with Gasteiger partial charge in [-0.2, -0.15) is 8.78 Å². The highest BCUT2D eigenvalue weighted by molar-refractivity contribution is 6.08. The molecule has 0 aromatic heterocycles. The van der Waals surface area contributed by atoms with E-state index in [0.717, 1.165) is 0 Å². The molecule has 1 amide bonds. The Balaban J connectivity index is 2.27. The van der Waals surface area contributed by atoms with Crippen LogP contribution in [0.3, 0.4) is 0 Å². The van der Waals surface area contributed by atoms with E-state index >= 15 is 0 Å². The fraction of sp³-hybridized carbons (Fsp3) is 0.333. The molecule has 0 saturated heterocycles. The molecular formula is C15H16F2N2O5. The number of alkyl halides is 2. The molecule has 0 fully saturated rings. The molecule has 1 aromatic carbocycles. The number of anilines is 1. The van der Waals surface area contributed by atoms with Gasteiger partial charge in [0.15, 0.2) is 0 Å². The molecule has 0 unspecified atom stereocenters. The lowest BCUT2D eigenvalue weighted by molar-refractivity contribution is -0.136. The molecule has 2 rings (SSSR count). The van der Waals surface area contributed by atoms with Crippen molar-refractivity contribution in [1.29, 1.82) is 0 Å². The Hall–Kier alpha value is -2.68. The first-order valence-corrected chi connectivity index (χ1v) is 6.99. The quantitative estimate of drug-likeness (QED) is 0.718. The summed E-state index contributed by atoms with van der Waals surface area (Å²) in [5.74, 6) is -1.27. The molecule has 7 nitrogen and oxygen atoms in total. The van der Waals surface area contributed by atoms with E-state index in [9.17, 15) is 18.4 Å². The molecule has 0 spiro atoms. The number of hydrogen-bond acceptors (Lipinski definition) is 6. The maximum absolute atomic E-state index is 12.3. The summed E-state index contributed by atoms with van der Waals surface area (Å²) in [7, 11) is 1.18. The van der Waals surface area contributed by atoms with Gasteiger partial charge < -0.3 is 24.8 Å². The van der Waals surface area contributed by atoms with E-state index in [2.05, 4.69) is 14.8 Å². The Bertz CT molecular complexity index is 663. The van der Waals surface area contributed by atoms with Crippen molar-refractivity contribution in [3.8, 4) is 5.75 Å². The van der Waals surface area contributed by atoms with Crippen LogP contribution >= 0.6 is 0 Å². The predicted octanol–water partition coefficient (Wildman–Crippen LogP) is 0.961.